The van der Waals surface area contributed by atoms with E-state index in [1.54, 1.807) is 82.6 Å². The first-order valence-corrected chi connectivity index (χ1v) is 37.6. The second-order valence-electron chi connectivity index (χ2n) is 27.5. The van der Waals surface area contributed by atoms with E-state index in [0.717, 1.165) is 118 Å². The van der Waals surface area contributed by atoms with E-state index < -0.39 is 36.8 Å². The van der Waals surface area contributed by atoms with Gasteiger partial charge in [-0.2, -0.15) is 13.2 Å². The van der Waals surface area contributed by atoms with Crippen molar-refractivity contribution in [2.75, 3.05) is 81.6 Å². The molecule has 33 heteroatoms. The number of hydrogen-bond donors (Lipinski definition) is 6. The van der Waals surface area contributed by atoms with Gasteiger partial charge in [-0.3, -0.25) is 45.5 Å². The molecule has 1 unspecified atom stereocenters. The number of piperidine rings is 1. The molecule has 2 saturated heterocycles. The minimum atomic E-state index is -4.50. The van der Waals surface area contributed by atoms with Crippen molar-refractivity contribution in [2.24, 2.45) is 5.92 Å². The van der Waals surface area contributed by atoms with Crippen molar-refractivity contribution < 1.29 is 56.0 Å². The lowest BCUT2D eigenvalue weighted by Gasteiger charge is -2.34. The molecular weight excluding hydrogens is 1460 g/mol. The first-order chi connectivity index (χ1) is 54.8. The minimum absolute atomic E-state index is 0.0933. The number of carbonyl (C=O) groups excluding carboxylic acids is 4. The van der Waals surface area contributed by atoms with E-state index in [4.69, 9.17) is 23.7 Å². The average molecular weight is 1540 g/mol. The van der Waals surface area contributed by atoms with E-state index in [9.17, 15) is 32.3 Å². The molecule has 2 aliphatic heterocycles. The molecule has 30 nitrogen and oxygen atoms in total. The smallest absolute Gasteiger partial charge is 0.413 e. The maximum atomic E-state index is 12.5. The lowest BCUT2D eigenvalue weighted by molar-refractivity contribution is -0.162. The zero-order chi connectivity index (χ0) is 78.8. The summed E-state index contributed by atoms with van der Waals surface area (Å²) in [4.78, 5) is 117. The van der Waals surface area contributed by atoms with Gasteiger partial charge in [0.15, 0.2) is 5.82 Å². The van der Waals surface area contributed by atoms with Crippen LogP contribution >= 0.6 is 0 Å². The van der Waals surface area contributed by atoms with Crippen LogP contribution in [0.3, 0.4) is 0 Å². The van der Waals surface area contributed by atoms with Gasteiger partial charge in [-0.25, -0.2) is 59.2 Å². The summed E-state index contributed by atoms with van der Waals surface area (Å²) in [7, 11) is 0. The predicted molar refractivity (Wildman–Crippen MR) is 418 cm³/mol. The Bertz CT molecular complexity index is 5180. The number of aromatic nitrogens is 15. The molecule has 4 amide bonds. The Morgan fingerprint density at radius 1 is 0.487 bits per heavy atom. The lowest BCUT2D eigenvalue weighted by Crippen LogP contribution is -2.49. The molecule has 6 N–H and O–H groups in total. The predicted octanol–water partition coefficient (Wildman–Crippen LogP) is 14.8. The third kappa shape index (κ3) is 21.1. The minimum Gasteiger partial charge on any atom is -0.460 e. The van der Waals surface area contributed by atoms with Crippen LogP contribution in [0, 0.1) is 5.92 Å². The number of pyridine rings is 3. The van der Waals surface area contributed by atoms with Gasteiger partial charge in [-0.1, -0.05) is 38.5 Å². The highest BCUT2D eigenvalue weighted by molar-refractivity contribution is 6.00. The maximum Gasteiger partial charge on any atom is 0.413 e. The quantitative estimate of drug-likeness (QED) is 0.0364. The molecular formula is C80H86F3N21O9. The van der Waals surface area contributed by atoms with Crippen LogP contribution in [0.15, 0.2) is 147 Å². The molecule has 1 atom stereocenters. The first-order valence-electron chi connectivity index (χ1n) is 37.6. The van der Waals surface area contributed by atoms with Crippen LogP contribution in [0.2, 0.25) is 0 Å². The average Bonchev–Trinajstić information content (AvgIpc) is 1.68. The van der Waals surface area contributed by atoms with Crippen molar-refractivity contribution in [3.05, 3.63) is 152 Å². The number of nitrogens with one attached hydrogen (secondary N) is 6. The van der Waals surface area contributed by atoms with Crippen molar-refractivity contribution in [2.45, 2.75) is 111 Å². The topological polar surface area (TPSA) is 362 Å². The second-order valence-corrected chi connectivity index (χ2v) is 27.5. The lowest BCUT2D eigenvalue weighted by atomic mass is 9.98. The number of carbonyl (C=O) groups is 4. The monoisotopic (exact) mass is 1540 g/mol. The number of amides is 4. The summed E-state index contributed by atoms with van der Waals surface area (Å²) in [6.45, 7) is 15.5. The summed E-state index contributed by atoms with van der Waals surface area (Å²) >= 11 is 0. The number of rotatable bonds is 21. The number of aromatic amines is 3. The fourth-order valence-corrected chi connectivity index (χ4v) is 13.5. The Hall–Kier alpha value is -12.7. The molecule has 0 spiro atoms. The molecule has 0 radical (unpaired) electrons. The molecule has 11 heterocycles. The third-order valence-corrected chi connectivity index (χ3v) is 18.7. The van der Waals surface area contributed by atoms with E-state index in [2.05, 4.69) is 114 Å². The highest BCUT2D eigenvalue weighted by atomic mass is 19.4. The van der Waals surface area contributed by atoms with E-state index in [1.807, 2.05) is 84.9 Å². The van der Waals surface area contributed by atoms with Crippen LogP contribution in [0.5, 0.6) is 12.0 Å². The number of piperazine rings is 1. The van der Waals surface area contributed by atoms with Crippen molar-refractivity contribution >= 4 is 75.1 Å². The van der Waals surface area contributed by atoms with Crippen LogP contribution < -0.4 is 25.4 Å². The molecule has 3 aliphatic rings. The molecule has 15 rings (SSSR count). The van der Waals surface area contributed by atoms with Gasteiger partial charge in [-0.05, 0) is 161 Å². The number of ether oxygens (including phenoxy) is 5. The summed E-state index contributed by atoms with van der Waals surface area (Å²) in [6.07, 6.45) is 16.0. The summed E-state index contributed by atoms with van der Waals surface area (Å²) in [5.74, 6) is 1.02. The molecule has 1 saturated carbocycles. The van der Waals surface area contributed by atoms with Gasteiger partial charge in [0.25, 0.3) is 0 Å². The van der Waals surface area contributed by atoms with Crippen molar-refractivity contribution in [1.82, 2.24) is 89.5 Å². The third-order valence-electron chi connectivity index (χ3n) is 18.7. The van der Waals surface area contributed by atoms with Gasteiger partial charge in [0.05, 0.1) is 64.5 Å². The summed E-state index contributed by atoms with van der Waals surface area (Å²) < 4.78 is 64.6. The van der Waals surface area contributed by atoms with E-state index in [0.29, 0.717) is 82.9 Å². The maximum absolute atomic E-state index is 12.5. The molecule has 3 fully saturated rings. The van der Waals surface area contributed by atoms with Gasteiger partial charge < -0.3 is 43.5 Å². The van der Waals surface area contributed by atoms with Crippen LogP contribution in [-0.2, 0) is 25.5 Å². The summed E-state index contributed by atoms with van der Waals surface area (Å²) in [5.41, 5.74) is 13.8. The number of benzene rings is 3. The fourth-order valence-electron chi connectivity index (χ4n) is 13.5. The Balaban J connectivity index is 0.000000149. The number of anilines is 3. The Kier molecular flexibility index (Phi) is 25.6. The summed E-state index contributed by atoms with van der Waals surface area (Å²) in [6, 6.07) is 29.4. The Morgan fingerprint density at radius 3 is 1.41 bits per heavy atom. The number of hydrogen-bond acceptors (Lipinski definition) is 23. The number of nitrogens with zero attached hydrogens (tertiary/aromatic N) is 15. The second kappa shape index (κ2) is 36.9. The van der Waals surface area contributed by atoms with Crippen LogP contribution in [0.4, 0.5) is 45.4 Å². The Labute approximate surface area is 648 Å². The number of fused-ring (bicyclic) bond motifs is 3. The van der Waals surface area contributed by atoms with Crippen LogP contribution in [0.1, 0.15) is 91.7 Å². The molecule has 113 heavy (non-hydrogen) atoms. The van der Waals surface area contributed by atoms with Crippen molar-refractivity contribution in [3.8, 4) is 79.3 Å². The number of likely N-dealkylation sites (tertiary alicyclic amines) is 1. The van der Waals surface area contributed by atoms with Crippen molar-refractivity contribution in [1.29, 1.82) is 0 Å². The summed E-state index contributed by atoms with van der Waals surface area (Å²) in [5, 5.41) is 7.84. The number of H-pyrrole nitrogens is 3. The van der Waals surface area contributed by atoms with E-state index >= 15 is 0 Å². The van der Waals surface area contributed by atoms with Gasteiger partial charge in [0.2, 0.25) is 23.8 Å². The number of alkyl halides is 3. The zero-order valence-electron chi connectivity index (χ0n) is 63.0. The number of halogens is 3. The SMILES string of the molecule is CCOC(=O)Nc1nc2c(-c3ccccn3)cc(-c3cnc(OC4CCCCC4)nc3)cc2[nH]1.CCOC(=O)Nc1nc2c(-c3ccccn3)cc(-c3cnc(OC4CCCN(CC(C)C)C4)nc3)cc2[nH]1.CCOC(=O)Nc1nc2c(-c3ncccn3)cc(-c3ccc(CN4CCN(C(=O)CC(F)(F)F)CC4)nc3)cc2[nH]1. The van der Waals surface area contributed by atoms with Crippen molar-refractivity contribution in [3.63, 3.8) is 0 Å². The molecule has 586 valence electrons. The first kappa shape index (κ1) is 78.5. The molecule has 3 aromatic carbocycles. The van der Waals surface area contributed by atoms with E-state index in [-0.39, 0.29) is 51.1 Å². The van der Waals surface area contributed by atoms with Crippen LogP contribution in [0.25, 0.3) is 100 Å². The number of imidazole rings is 3. The molecule has 9 aromatic heterocycles. The standard InChI is InChI=1S/C28H33N7O3.C27H27F3N8O3.C25H26N6O3/c1-4-37-28(36)34-26-32-24-13-19(12-22(25(24)33-26)23-9-5-6-10-29-23)20-14-30-27(31-15-20)38-21-8-7-11-35(17-21)16-18(2)3;1-2-41-26(40)36-25-34-21-13-18(12-20(23(21)35-25)24-31-6-3-7-32-24)17-4-5-19(33-15-17)16-37-8-10-38(11-9-37)22(39)14-27(28,29)30;1-2-33-25(32)31-23-29-21-13-16(12-19(22(21)30-23)20-10-6-7-11-26-20)17-14-27-24(28-15-17)34-18-8-4-3-5-9-18/h5-6,9-10,12-15,18,21H,4,7-8,11,16-17H2,1-3H3,(H2,32,33,34,36);3-7,12-13,15H,2,8-11,14,16H2,1H3,(H2,34,35,36,40);6-7,10-15,18H,2-5,8-9H2,1H3,(H2,29,30,31,32). The molecule has 0 bridgehead atoms. The fraction of sp³-hybridized carbons (Fsp3) is 0.350. The highest BCUT2D eigenvalue weighted by Gasteiger charge is 2.35. The van der Waals surface area contributed by atoms with Gasteiger partial charge in [-0.15, -0.1) is 0 Å². The van der Waals surface area contributed by atoms with Gasteiger partial charge in [0, 0.05) is 135 Å². The Morgan fingerprint density at radius 2 is 0.947 bits per heavy atom. The molecule has 1 aliphatic carbocycles. The zero-order valence-corrected chi connectivity index (χ0v) is 63.0. The largest absolute Gasteiger partial charge is 0.460 e. The van der Waals surface area contributed by atoms with Gasteiger partial charge >= 0.3 is 36.5 Å². The van der Waals surface area contributed by atoms with E-state index in [1.165, 1.54) is 24.2 Å². The van der Waals surface area contributed by atoms with Crippen LogP contribution in [-0.4, -0.2) is 198 Å². The highest BCUT2D eigenvalue weighted by Crippen LogP contribution is 2.37. The molecule has 12 aromatic rings. The normalized spacial score (nSPS) is 14.8. The van der Waals surface area contributed by atoms with Gasteiger partial charge in [0.1, 0.15) is 24.1 Å².